The third-order valence-corrected chi connectivity index (χ3v) is 8.90. The summed E-state index contributed by atoms with van der Waals surface area (Å²) < 4.78 is 21.8. The molecule has 8 rings (SSSR count). The van der Waals surface area contributed by atoms with Crippen LogP contribution in [-0.4, -0.2) is 60.4 Å². The van der Waals surface area contributed by atoms with Gasteiger partial charge in [-0.15, -0.1) is 0 Å². The number of amides is 1. The molecule has 4 atom stereocenters. The highest BCUT2D eigenvalue weighted by Crippen LogP contribution is 2.52. The van der Waals surface area contributed by atoms with Gasteiger partial charge < -0.3 is 20.1 Å². The average molecular weight is 582 g/mol. The quantitative estimate of drug-likeness (QED) is 0.331. The number of aromatic nitrogens is 4. The van der Waals surface area contributed by atoms with Crippen LogP contribution in [0.1, 0.15) is 62.0 Å². The third-order valence-electron chi connectivity index (χ3n) is 8.90. The Balaban J connectivity index is 1.15. The first kappa shape index (κ1) is 27.3. The number of ether oxygens (including phenoxy) is 1. The molecule has 2 aliphatic heterocycles. The first-order valence-electron chi connectivity index (χ1n) is 14.6. The van der Waals surface area contributed by atoms with Crippen molar-refractivity contribution in [1.82, 2.24) is 24.9 Å². The van der Waals surface area contributed by atoms with Crippen LogP contribution < -0.4 is 15.0 Å². The Labute approximate surface area is 248 Å². The first-order chi connectivity index (χ1) is 20.6. The van der Waals surface area contributed by atoms with Crippen LogP contribution in [0.5, 0.6) is 5.75 Å². The number of halogens is 1. The number of carbonyl (C=O) groups excluding carboxylic acids is 1. The number of aliphatic hydroxyl groups is 1. The fraction of sp³-hybridized carbons (Fsp3) is 0.406. The maximum Gasteiger partial charge on any atom is 0.273 e. The van der Waals surface area contributed by atoms with Gasteiger partial charge in [0, 0.05) is 41.1 Å². The summed E-state index contributed by atoms with van der Waals surface area (Å²) in [6.07, 6.45) is 11.0. The topological polar surface area (TPSA) is 129 Å². The molecule has 4 aromatic heterocycles. The molecule has 11 heteroatoms. The van der Waals surface area contributed by atoms with E-state index in [0.717, 1.165) is 49.0 Å². The van der Waals surface area contributed by atoms with Gasteiger partial charge in [0.15, 0.2) is 11.5 Å². The molecule has 4 aromatic rings. The van der Waals surface area contributed by atoms with E-state index in [-0.39, 0.29) is 29.9 Å². The Kier molecular flexibility index (Phi) is 6.36. The van der Waals surface area contributed by atoms with Crippen LogP contribution in [0, 0.1) is 23.1 Å². The summed E-state index contributed by atoms with van der Waals surface area (Å²) in [4.78, 5) is 24.3. The predicted octanol–water partition coefficient (Wildman–Crippen LogP) is 4.27. The molecule has 43 heavy (non-hydrogen) atoms. The molecule has 2 saturated carbocycles. The largest absolute Gasteiger partial charge is 0.489 e. The fourth-order valence-electron chi connectivity index (χ4n) is 7.44. The number of pyridine rings is 3. The van der Waals surface area contributed by atoms with E-state index in [9.17, 15) is 19.6 Å². The highest BCUT2D eigenvalue weighted by molar-refractivity contribution is 5.93. The van der Waals surface area contributed by atoms with E-state index in [1.54, 1.807) is 24.6 Å². The number of hydrogen-bond acceptors (Lipinski definition) is 8. The van der Waals surface area contributed by atoms with Crippen LogP contribution in [0.4, 0.5) is 10.2 Å². The maximum absolute atomic E-state index is 14.3. The van der Waals surface area contributed by atoms with Crippen LogP contribution >= 0.6 is 0 Å². The van der Waals surface area contributed by atoms with Gasteiger partial charge >= 0.3 is 0 Å². The van der Waals surface area contributed by atoms with Crippen molar-refractivity contribution in [2.45, 2.75) is 69.2 Å². The number of piperidine rings is 2. The molecule has 220 valence electrons. The zero-order chi connectivity index (χ0) is 29.9. The zero-order valence-electron chi connectivity index (χ0n) is 24.0. The Morgan fingerprint density at radius 1 is 1.21 bits per heavy atom. The van der Waals surface area contributed by atoms with Gasteiger partial charge in [0.2, 0.25) is 0 Å². The standard InChI is InChI=1S/C32H32FN7O3/c1-31(2,42)18-43-24-10-25(29-21(14-34)16-37-39(29)17-24)20-5-6-27(36-15-20)40-22-8-19-9-23(40)13-32(11-19,12-22)38-30(41)28-26(33)4-3-7-35-28/h3-7,10,15-17,19,22-23,42H,8-9,11-13,18H2,1-2H3,(H,38,41)/t19-,22-,23+,32-. The van der Waals surface area contributed by atoms with Crippen LogP contribution in [-0.2, 0) is 0 Å². The Morgan fingerprint density at radius 2 is 2.00 bits per heavy atom. The van der Waals surface area contributed by atoms with E-state index in [1.165, 1.54) is 24.5 Å². The summed E-state index contributed by atoms with van der Waals surface area (Å²) in [5.74, 6) is 0.817. The SMILES string of the molecule is CC(C)(O)COc1cc(-c2ccc(N3[C@@H]4C[C@@H]5C[C@H]3C[C@@](NC(=O)c3ncccc3F)(C5)C4)nc2)c2c(C#N)cnn2c1. The van der Waals surface area contributed by atoms with E-state index in [1.807, 2.05) is 24.4 Å². The summed E-state index contributed by atoms with van der Waals surface area (Å²) in [5, 5.41) is 27.4. The number of fused-ring (bicyclic) bond motifs is 1. The van der Waals surface area contributed by atoms with Gasteiger partial charge in [0.1, 0.15) is 24.2 Å². The van der Waals surface area contributed by atoms with Gasteiger partial charge in [-0.25, -0.2) is 18.9 Å². The molecule has 4 fully saturated rings. The Hall–Kier alpha value is -4.56. The van der Waals surface area contributed by atoms with E-state index < -0.39 is 17.3 Å². The highest BCUT2D eigenvalue weighted by atomic mass is 19.1. The van der Waals surface area contributed by atoms with Gasteiger partial charge in [-0.3, -0.25) is 4.79 Å². The number of anilines is 1. The van der Waals surface area contributed by atoms with E-state index in [2.05, 4.69) is 26.4 Å². The summed E-state index contributed by atoms with van der Waals surface area (Å²) in [6.45, 7) is 3.44. The summed E-state index contributed by atoms with van der Waals surface area (Å²) in [7, 11) is 0. The zero-order valence-corrected chi connectivity index (χ0v) is 24.0. The summed E-state index contributed by atoms with van der Waals surface area (Å²) >= 11 is 0. The third kappa shape index (κ3) is 4.95. The molecule has 0 unspecified atom stereocenters. The number of nitrogens with zero attached hydrogens (tertiary/aromatic N) is 6. The van der Waals surface area contributed by atoms with Crippen molar-refractivity contribution in [2.24, 2.45) is 5.92 Å². The molecule has 4 aliphatic rings. The second-order valence-electron chi connectivity index (χ2n) is 12.8. The van der Waals surface area contributed by atoms with Crippen LogP contribution in [0.25, 0.3) is 16.6 Å². The van der Waals surface area contributed by atoms with Crippen molar-refractivity contribution in [3.8, 4) is 22.9 Å². The van der Waals surface area contributed by atoms with Crippen molar-refractivity contribution in [1.29, 1.82) is 5.26 Å². The molecule has 4 bridgehead atoms. The normalized spacial score (nSPS) is 24.3. The van der Waals surface area contributed by atoms with Crippen LogP contribution in [0.2, 0.25) is 0 Å². The number of hydrogen-bond donors (Lipinski definition) is 2. The molecule has 0 radical (unpaired) electrons. The van der Waals surface area contributed by atoms with Gasteiger partial charge in [0.25, 0.3) is 5.91 Å². The van der Waals surface area contributed by atoms with Crippen molar-refractivity contribution < 1.29 is 19.0 Å². The van der Waals surface area contributed by atoms with E-state index >= 15 is 0 Å². The molecule has 10 nitrogen and oxygen atoms in total. The van der Waals surface area contributed by atoms with Crippen molar-refractivity contribution in [3.05, 3.63) is 72.2 Å². The number of rotatable bonds is 7. The van der Waals surface area contributed by atoms with Crippen molar-refractivity contribution in [2.75, 3.05) is 11.5 Å². The lowest BCUT2D eigenvalue weighted by Gasteiger charge is -2.62. The summed E-state index contributed by atoms with van der Waals surface area (Å²) in [5.41, 5.74) is 1.12. The molecular weight excluding hydrogens is 549 g/mol. The minimum atomic E-state index is -1.01. The minimum Gasteiger partial charge on any atom is -0.489 e. The molecule has 0 spiro atoms. The molecule has 1 amide bonds. The van der Waals surface area contributed by atoms with Gasteiger partial charge in [-0.05, 0) is 82.2 Å². The fourth-order valence-corrected chi connectivity index (χ4v) is 7.44. The van der Waals surface area contributed by atoms with E-state index in [0.29, 0.717) is 22.7 Å². The highest BCUT2D eigenvalue weighted by Gasteiger charge is 2.55. The maximum atomic E-state index is 14.3. The van der Waals surface area contributed by atoms with Gasteiger partial charge in [-0.1, -0.05) is 0 Å². The summed E-state index contributed by atoms with van der Waals surface area (Å²) in [6, 6.07) is 11.2. The monoisotopic (exact) mass is 581 g/mol. The van der Waals surface area contributed by atoms with Crippen molar-refractivity contribution >= 4 is 17.2 Å². The molecular formula is C32H32FN7O3. The molecule has 2 saturated heterocycles. The van der Waals surface area contributed by atoms with Gasteiger partial charge in [-0.2, -0.15) is 10.4 Å². The Morgan fingerprint density at radius 3 is 2.67 bits per heavy atom. The second kappa shape index (κ2) is 10.0. The van der Waals surface area contributed by atoms with Crippen LogP contribution in [0.15, 0.2) is 55.1 Å². The van der Waals surface area contributed by atoms with Gasteiger partial charge in [0.05, 0.1) is 29.1 Å². The predicted molar refractivity (Wildman–Crippen MR) is 156 cm³/mol. The number of carbonyl (C=O) groups is 1. The smallest absolute Gasteiger partial charge is 0.273 e. The van der Waals surface area contributed by atoms with Crippen molar-refractivity contribution in [3.63, 3.8) is 0 Å². The Bertz CT molecular complexity index is 1740. The molecule has 0 aromatic carbocycles. The lowest BCUT2D eigenvalue weighted by molar-refractivity contribution is 0.0283. The number of nitriles is 1. The lowest BCUT2D eigenvalue weighted by Crippen LogP contribution is -2.69. The average Bonchev–Trinajstić information content (AvgIpc) is 3.38. The second-order valence-corrected chi connectivity index (χ2v) is 12.8. The number of nitrogens with one attached hydrogen (secondary N) is 1. The first-order valence-corrected chi connectivity index (χ1v) is 14.6. The lowest BCUT2D eigenvalue weighted by atomic mass is 9.59. The molecule has 2 N–H and O–H groups in total. The minimum absolute atomic E-state index is 0.0962. The molecule has 2 aliphatic carbocycles. The molecule has 6 heterocycles. The van der Waals surface area contributed by atoms with E-state index in [4.69, 9.17) is 9.72 Å². The van der Waals surface area contributed by atoms with Crippen LogP contribution in [0.3, 0.4) is 0 Å².